The van der Waals surface area contributed by atoms with Crippen LogP contribution in [0.15, 0.2) is 59.5 Å². The van der Waals surface area contributed by atoms with Gasteiger partial charge in [0.2, 0.25) is 10.0 Å². The maximum absolute atomic E-state index is 12.0. The molecule has 4 nitrogen and oxygen atoms in total. The zero-order valence-electron chi connectivity index (χ0n) is 10.6. The molecule has 0 heterocycles. The molecule has 2 rings (SSSR count). The monoisotopic (exact) mass is 306 g/mol. The zero-order chi connectivity index (χ0) is 14.6. The SMILES string of the molecule is NC(=S)c1ccc(CNS(=O)(=O)c2ccccc2)cc1. The fraction of sp³-hybridized carbons (Fsp3) is 0.0714. The largest absolute Gasteiger partial charge is 0.389 e. The minimum Gasteiger partial charge on any atom is -0.389 e. The van der Waals surface area contributed by atoms with Crippen molar-refractivity contribution in [1.82, 2.24) is 4.72 Å². The Bertz CT molecular complexity index is 696. The molecule has 0 spiro atoms. The standard InChI is InChI=1S/C14H14N2O2S2/c15-14(19)12-8-6-11(7-9-12)10-16-20(17,18)13-4-2-1-3-5-13/h1-9,16H,10H2,(H2,15,19). The van der Waals surface area contributed by atoms with Gasteiger partial charge in [0.25, 0.3) is 0 Å². The Labute approximate surface area is 123 Å². The van der Waals surface area contributed by atoms with Crippen LogP contribution in [-0.4, -0.2) is 13.4 Å². The third-order valence-electron chi connectivity index (χ3n) is 2.76. The molecule has 0 aliphatic carbocycles. The number of hydrogen-bond donors (Lipinski definition) is 2. The molecule has 0 unspecified atom stereocenters. The summed E-state index contributed by atoms with van der Waals surface area (Å²) in [5.41, 5.74) is 7.10. The lowest BCUT2D eigenvalue weighted by Gasteiger charge is -2.07. The van der Waals surface area contributed by atoms with Crippen LogP contribution >= 0.6 is 12.2 Å². The predicted octanol–water partition coefficient (Wildman–Crippen LogP) is 1.80. The Morgan fingerprint density at radius 1 is 1.05 bits per heavy atom. The highest BCUT2D eigenvalue weighted by Gasteiger charge is 2.12. The molecule has 104 valence electrons. The number of benzene rings is 2. The maximum atomic E-state index is 12.0. The van der Waals surface area contributed by atoms with Gasteiger partial charge in [-0.25, -0.2) is 13.1 Å². The molecule has 2 aromatic rings. The van der Waals surface area contributed by atoms with Gasteiger partial charge in [-0.1, -0.05) is 54.7 Å². The van der Waals surface area contributed by atoms with Crippen LogP contribution in [0.1, 0.15) is 11.1 Å². The molecule has 20 heavy (non-hydrogen) atoms. The summed E-state index contributed by atoms with van der Waals surface area (Å²) in [6.45, 7) is 0.217. The van der Waals surface area contributed by atoms with Crippen LogP contribution in [0.2, 0.25) is 0 Å². The molecule has 0 atom stereocenters. The summed E-state index contributed by atoms with van der Waals surface area (Å²) in [5, 5.41) is 0. The molecular weight excluding hydrogens is 292 g/mol. The van der Waals surface area contributed by atoms with E-state index in [9.17, 15) is 8.42 Å². The summed E-state index contributed by atoms with van der Waals surface area (Å²) in [6.07, 6.45) is 0. The van der Waals surface area contributed by atoms with Crippen molar-refractivity contribution in [2.45, 2.75) is 11.4 Å². The van der Waals surface area contributed by atoms with E-state index in [1.54, 1.807) is 54.6 Å². The molecule has 0 amide bonds. The smallest absolute Gasteiger partial charge is 0.240 e. The van der Waals surface area contributed by atoms with Gasteiger partial charge in [-0.2, -0.15) is 0 Å². The Hall–Kier alpha value is -1.76. The van der Waals surface area contributed by atoms with Crippen molar-refractivity contribution in [1.29, 1.82) is 0 Å². The second-order valence-electron chi connectivity index (χ2n) is 4.20. The number of rotatable bonds is 5. The fourth-order valence-electron chi connectivity index (χ4n) is 1.65. The highest BCUT2D eigenvalue weighted by Crippen LogP contribution is 2.09. The maximum Gasteiger partial charge on any atom is 0.240 e. The molecule has 0 saturated carbocycles. The lowest BCUT2D eigenvalue weighted by atomic mass is 10.1. The van der Waals surface area contributed by atoms with Crippen molar-refractivity contribution in [3.8, 4) is 0 Å². The predicted molar refractivity (Wildman–Crippen MR) is 82.8 cm³/mol. The Morgan fingerprint density at radius 2 is 1.65 bits per heavy atom. The van der Waals surface area contributed by atoms with E-state index in [1.165, 1.54) is 0 Å². The number of sulfonamides is 1. The van der Waals surface area contributed by atoms with E-state index in [0.29, 0.717) is 4.99 Å². The number of nitrogens with one attached hydrogen (secondary N) is 1. The molecule has 0 saturated heterocycles. The third-order valence-corrected chi connectivity index (χ3v) is 4.41. The summed E-state index contributed by atoms with van der Waals surface area (Å²) < 4.78 is 26.6. The summed E-state index contributed by atoms with van der Waals surface area (Å²) in [4.78, 5) is 0.571. The van der Waals surface area contributed by atoms with E-state index in [4.69, 9.17) is 18.0 Å². The molecule has 0 fully saturated rings. The molecule has 2 aromatic carbocycles. The molecule has 3 N–H and O–H groups in total. The van der Waals surface area contributed by atoms with Crippen LogP contribution < -0.4 is 10.5 Å². The summed E-state index contributed by atoms with van der Waals surface area (Å²) >= 11 is 4.86. The lowest BCUT2D eigenvalue weighted by molar-refractivity contribution is 0.581. The molecule has 0 radical (unpaired) electrons. The van der Waals surface area contributed by atoms with E-state index >= 15 is 0 Å². The van der Waals surface area contributed by atoms with E-state index in [2.05, 4.69) is 4.72 Å². The van der Waals surface area contributed by atoms with Gasteiger partial charge in [0.15, 0.2) is 0 Å². The van der Waals surface area contributed by atoms with Gasteiger partial charge in [0.05, 0.1) is 4.90 Å². The Morgan fingerprint density at radius 3 is 2.20 bits per heavy atom. The number of thiocarbonyl (C=S) groups is 1. The molecule has 6 heteroatoms. The first-order chi connectivity index (χ1) is 9.49. The molecule has 0 aliphatic rings. The van der Waals surface area contributed by atoms with Gasteiger partial charge in [-0.15, -0.1) is 0 Å². The van der Waals surface area contributed by atoms with Crippen molar-refractivity contribution < 1.29 is 8.42 Å². The average Bonchev–Trinajstić information content (AvgIpc) is 2.46. The quantitative estimate of drug-likeness (QED) is 0.826. The van der Waals surface area contributed by atoms with E-state index in [1.807, 2.05) is 0 Å². The zero-order valence-corrected chi connectivity index (χ0v) is 12.2. The van der Waals surface area contributed by atoms with E-state index in [-0.39, 0.29) is 11.4 Å². The van der Waals surface area contributed by atoms with Crippen LogP contribution in [0, 0.1) is 0 Å². The minimum absolute atomic E-state index is 0.217. The van der Waals surface area contributed by atoms with E-state index < -0.39 is 10.0 Å². The van der Waals surface area contributed by atoms with Gasteiger partial charge < -0.3 is 5.73 Å². The second kappa shape index (κ2) is 6.13. The normalized spacial score (nSPS) is 11.2. The van der Waals surface area contributed by atoms with Crippen molar-refractivity contribution in [2.24, 2.45) is 5.73 Å². The van der Waals surface area contributed by atoms with Crippen molar-refractivity contribution in [2.75, 3.05) is 0 Å². The van der Waals surface area contributed by atoms with Crippen LogP contribution in [0.4, 0.5) is 0 Å². The minimum atomic E-state index is -3.49. The lowest BCUT2D eigenvalue weighted by Crippen LogP contribution is -2.23. The number of hydrogen-bond acceptors (Lipinski definition) is 3. The van der Waals surface area contributed by atoms with Crippen LogP contribution in [-0.2, 0) is 16.6 Å². The highest BCUT2D eigenvalue weighted by molar-refractivity contribution is 7.89. The topological polar surface area (TPSA) is 72.2 Å². The van der Waals surface area contributed by atoms with Gasteiger partial charge in [0.1, 0.15) is 4.99 Å². The van der Waals surface area contributed by atoms with E-state index in [0.717, 1.165) is 11.1 Å². The third kappa shape index (κ3) is 3.63. The van der Waals surface area contributed by atoms with Gasteiger partial charge >= 0.3 is 0 Å². The Balaban J connectivity index is 2.07. The van der Waals surface area contributed by atoms with Crippen molar-refractivity contribution in [3.63, 3.8) is 0 Å². The highest BCUT2D eigenvalue weighted by atomic mass is 32.2. The molecule has 0 aliphatic heterocycles. The second-order valence-corrected chi connectivity index (χ2v) is 6.41. The fourth-order valence-corrected chi connectivity index (χ4v) is 2.82. The van der Waals surface area contributed by atoms with Crippen molar-refractivity contribution in [3.05, 3.63) is 65.7 Å². The van der Waals surface area contributed by atoms with Crippen LogP contribution in [0.25, 0.3) is 0 Å². The summed E-state index contributed by atoms with van der Waals surface area (Å²) in [7, 11) is -3.49. The molecule has 0 aromatic heterocycles. The van der Waals surface area contributed by atoms with Crippen molar-refractivity contribution >= 4 is 27.2 Å². The van der Waals surface area contributed by atoms with Gasteiger partial charge in [-0.3, -0.25) is 0 Å². The molecule has 0 bridgehead atoms. The first-order valence-electron chi connectivity index (χ1n) is 5.92. The summed E-state index contributed by atoms with van der Waals surface area (Å²) in [6, 6.07) is 15.4. The Kier molecular flexibility index (Phi) is 4.49. The van der Waals surface area contributed by atoms with Gasteiger partial charge in [0, 0.05) is 12.1 Å². The summed E-state index contributed by atoms with van der Waals surface area (Å²) in [5.74, 6) is 0. The first-order valence-corrected chi connectivity index (χ1v) is 7.81. The first kappa shape index (κ1) is 14.6. The van der Waals surface area contributed by atoms with Gasteiger partial charge in [-0.05, 0) is 17.7 Å². The number of nitrogens with two attached hydrogens (primary N) is 1. The molecular formula is C14H14N2O2S2. The average molecular weight is 306 g/mol. The van der Waals surface area contributed by atoms with Crippen LogP contribution in [0.5, 0.6) is 0 Å². The van der Waals surface area contributed by atoms with Crippen LogP contribution in [0.3, 0.4) is 0 Å².